The molecule has 0 aliphatic heterocycles. The van der Waals surface area contributed by atoms with E-state index < -0.39 is 6.04 Å². The Morgan fingerprint density at radius 1 is 1.14 bits per heavy atom. The molecular weight excluding hydrogens is 432 g/mol. The molecule has 0 bridgehead atoms. The second-order valence-electron chi connectivity index (χ2n) is 7.15. The third kappa shape index (κ3) is 6.89. The lowest BCUT2D eigenvalue weighted by molar-refractivity contribution is -0.142. The molecule has 2 amide bonds. The molecule has 2 aromatic carbocycles. The fourth-order valence-electron chi connectivity index (χ4n) is 2.84. The Labute approximate surface area is 181 Å². The minimum atomic E-state index is -0.601. The Kier molecular flexibility index (Phi) is 8.70. The summed E-state index contributed by atoms with van der Waals surface area (Å²) >= 11 is 3.46. The molecule has 0 saturated heterocycles. The molecule has 0 spiro atoms. The maximum atomic E-state index is 13.0. The van der Waals surface area contributed by atoms with E-state index in [2.05, 4.69) is 21.2 Å². The van der Waals surface area contributed by atoms with Gasteiger partial charge < -0.3 is 15.0 Å². The average Bonchev–Trinajstić information content (AvgIpc) is 2.70. The van der Waals surface area contributed by atoms with Crippen LogP contribution in [0.2, 0.25) is 0 Å². The van der Waals surface area contributed by atoms with Crippen molar-refractivity contribution in [2.45, 2.75) is 46.7 Å². The third-order valence-electron chi connectivity index (χ3n) is 4.80. The molecule has 0 heterocycles. The molecule has 6 heteroatoms. The standard InChI is InChI=1S/C23H29BrN2O3/c1-5-11-25-23(28)18(4)26(14-19-7-6-8-20(24)13-19)22(27)15-29-21-10-9-16(2)17(3)12-21/h6-10,12-13,18H,5,11,14-15H2,1-4H3,(H,25,28)/t18-/m1/s1. The summed E-state index contributed by atoms with van der Waals surface area (Å²) in [5.41, 5.74) is 3.21. The number of hydrogen-bond donors (Lipinski definition) is 1. The van der Waals surface area contributed by atoms with E-state index in [1.54, 1.807) is 11.8 Å². The molecule has 1 atom stereocenters. The van der Waals surface area contributed by atoms with E-state index in [1.807, 2.05) is 63.2 Å². The summed E-state index contributed by atoms with van der Waals surface area (Å²) in [7, 11) is 0. The summed E-state index contributed by atoms with van der Waals surface area (Å²) < 4.78 is 6.65. The molecule has 29 heavy (non-hydrogen) atoms. The Hall–Kier alpha value is -2.34. The molecule has 0 aliphatic carbocycles. The van der Waals surface area contributed by atoms with Crippen molar-refractivity contribution in [2.75, 3.05) is 13.2 Å². The minimum absolute atomic E-state index is 0.123. The highest BCUT2D eigenvalue weighted by Crippen LogP contribution is 2.18. The molecule has 0 radical (unpaired) electrons. The van der Waals surface area contributed by atoms with E-state index in [0.29, 0.717) is 18.8 Å². The van der Waals surface area contributed by atoms with Gasteiger partial charge in [-0.15, -0.1) is 0 Å². The molecular formula is C23H29BrN2O3. The topological polar surface area (TPSA) is 58.6 Å². The highest BCUT2D eigenvalue weighted by Gasteiger charge is 2.26. The van der Waals surface area contributed by atoms with E-state index in [0.717, 1.165) is 22.0 Å². The van der Waals surface area contributed by atoms with Crippen LogP contribution in [0.15, 0.2) is 46.9 Å². The van der Waals surface area contributed by atoms with Gasteiger partial charge in [0.15, 0.2) is 6.61 Å². The number of benzene rings is 2. The second kappa shape index (κ2) is 11.0. The fraction of sp³-hybridized carbons (Fsp3) is 0.391. The molecule has 0 unspecified atom stereocenters. The molecule has 0 aromatic heterocycles. The maximum absolute atomic E-state index is 13.0. The van der Waals surface area contributed by atoms with Crippen LogP contribution >= 0.6 is 15.9 Å². The van der Waals surface area contributed by atoms with Crippen LogP contribution in [-0.2, 0) is 16.1 Å². The fourth-order valence-corrected chi connectivity index (χ4v) is 3.29. The van der Waals surface area contributed by atoms with Crippen LogP contribution in [0, 0.1) is 13.8 Å². The summed E-state index contributed by atoms with van der Waals surface area (Å²) in [6, 6.07) is 12.9. The van der Waals surface area contributed by atoms with Crippen molar-refractivity contribution in [2.24, 2.45) is 0 Å². The molecule has 0 aliphatic rings. The number of carbonyl (C=O) groups is 2. The first-order chi connectivity index (χ1) is 13.8. The van der Waals surface area contributed by atoms with Crippen molar-refractivity contribution < 1.29 is 14.3 Å². The van der Waals surface area contributed by atoms with E-state index >= 15 is 0 Å². The van der Waals surface area contributed by atoms with Crippen LogP contribution in [0.3, 0.4) is 0 Å². The predicted molar refractivity (Wildman–Crippen MR) is 119 cm³/mol. The van der Waals surface area contributed by atoms with Crippen molar-refractivity contribution in [3.63, 3.8) is 0 Å². The number of nitrogens with zero attached hydrogens (tertiary/aromatic N) is 1. The number of carbonyl (C=O) groups excluding carboxylic acids is 2. The zero-order valence-corrected chi connectivity index (χ0v) is 19.1. The summed E-state index contributed by atoms with van der Waals surface area (Å²) in [5, 5.41) is 2.87. The number of amides is 2. The van der Waals surface area contributed by atoms with Gasteiger partial charge in [-0.05, 0) is 68.1 Å². The molecule has 2 rings (SSSR count). The number of hydrogen-bond acceptors (Lipinski definition) is 3. The first-order valence-electron chi connectivity index (χ1n) is 9.83. The number of rotatable bonds is 9. The summed E-state index contributed by atoms with van der Waals surface area (Å²) in [4.78, 5) is 27.1. The monoisotopic (exact) mass is 460 g/mol. The van der Waals surface area contributed by atoms with Gasteiger partial charge in [0, 0.05) is 17.6 Å². The average molecular weight is 461 g/mol. The Bertz CT molecular complexity index is 854. The lowest BCUT2D eigenvalue weighted by Crippen LogP contribution is -2.49. The van der Waals surface area contributed by atoms with Crippen molar-refractivity contribution in [1.82, 2.24) is 10.2 Å². The molecule has 0 fully saturated rings. The van der Waals surface area contributed by atoms with Gasteiger partial charge in [-0.1, -0.05) is 41.1 Å². The summed E-state index contributed by atoms with van der Waals surface area (Å²) in [6.07, 6.45) is 0.841. The smallest absolute Gasteiger partial charge is 0.261 e. The number of nitrogens with one attached hydrogen (secondary N) is 1. The summed E-state index contributed by atoms with van der Waals surface area (Å²) in [5.74, 6) is 0.246. The van der Waals surface area contributed by atoms with Gasteiger partial charge in [-0.3, -0.25) is 9.59 Å². The second-order valence-corrected chi connectivity index (χ2v) is 8.07. The highest BCUT2D eigenvalue weighted by molar-refractivity contribution is 9.10. The van der Waals surface area contributed by atoms with Crippen LogP contribution in [0.4, 0.5) is 0 Å². The largest absolute Gasteiger partial charge is 0.484 e. The van der Waals surface area contributed by atoms with Crippen molar-refractivity contribution in [3.05, 3.63) is 63.6 Å². The predicted octanol–water partition coefficient (Wildman–Crippen LogP) is 4.39. The quantitative estimate of drug-likeness (QED) is 0.603. The molecule has 156 valence electrons. The molecule has 1 N–H and O–H groups in total. The minimum Gasteiger partial charge on any atom is -0.484 e. The lowest BCUT2D eigenvalue weighted by atomic mass is 10.1. The van der Waals surface area contributed by atoms with E-state index in [1.165, 1.54) is 5.56 Å². The maximum Gasteiger partial charge on any atom is 0.261 e. The SMILES string of the molecule is CCCNC(=O)[C@@H](C)N(Cc1cccc(Br)c1)C(=O)COc1ccc(C)c(C)c1. The normalized spacial score (nSPS) is 11.6. The van der Waals surface area contributed by atoms with Gasteiger partial charge in [0.25, 0.3) is 5.91 Å². The molecule has 5 nitrogen and oxygen atoms in total. The van der Waals surface area contributed by atoms with Gasteiger partial charge in [-0.25, -0.2) is 0 Å². The first-order valence-corrected chi connectivity index (χ1v) is 10.6. The van der Waals surface area contributed by atoms with Gasteiger partial charge in [0.2, 0.25) is 5.91 Å². The van der Waals surface area contributed by atoms with Crippen LogP contribution in [0.1, 0.15) is 37.0 Å². The third-order valence-corrected chi connectivity index (χ3v) is 5.29. The number of aryl methyl sites for hydroxylation is 2. The first kappa shape index (κ1) is 22.9. The molecule has 0 saturated carbocycles. The van der Waals surface area contributed by atoms with Crippen LogP contribution in [-0.4, -0.2) is 35.9 Å². The van der Waals surface area contributed by atoms with Crippen LogP contribution in [0.5, 0.6) is 5.75 Å². The van der Waals surface area contributed by atoms with Gasteiger partial charge in [-0.2, -0.15) is 0 Å². The van der Waals surface area contributed by atoms with Gasteiger partial charge >= 0.3 is 0 Å². The van der Waals surface area contributed by atoms with E-state index in [9.17, 15) is 9.59 Å². The zero-order chi connectivity index (χ0) is 21.4. The molecule has 2 aromatic rings. The lowest BCUT2D eigenvalue weighted by Gasteiger charge is -2.28. The van der Waals surface area contributed by atoms with E-state index in [4.69, 9.17) is 4.74 Å². The number of ether oxygens (including phenoxy) is 1. The van der Waals surface area contributed by atoms with Gasteiger partial charge in [0.05, 0.1) is 0 Å². The summed E-state index contributed by atoms with van der Waals surface area (Å²) in [6.45, 7) is 8.56. The zero-order valence-electron chi connectivity index (χ0n) is 17.5. The van der Waals surface area contributed by atoms with Crippen molar-refractivity contribution in [1.29, 1.82) is 0 Å². The Morgan fingerprint density at radius 2 is 1.90 bits per heavy atom. The van der Waals surface area contributed by atoms with E-state index in [-0.39, 0.29) is 18.4 Å². The van der Waals surface area contributed by atoms with Crippen molar-refractivity contribution >= 4 is 27.7 Å². The number of halogens is 1. The highest BCUT2D eigenvalue weighted by atomic mass is 79.9. The van der Waals surface area contributed by atoms with Gasteiger partial charge in [0.1, 0.15) is 11.8 Å². The van der Waals surface area contributed by atoms with Crippen LogP contribution in [0.25, 0.3) is 0 Å². The Morgan fingerprint density at radius 3 is 2.55 bits per heavy atom. The van der Waals surface area contributed by atoms with Crippen molar-refractivity contribution in [3.8, 4) is 5.75 Å². The Balaban J connectivity index is 2.14. The van der Waals surface area contributed by atoms with Crippen LogP contribution < -0.4 is 10.1 Å².